The van der Waals surface area contributed by atoms with Gasteiger partial charge < -0.3 is 45.4 Å². The number of ether oxygens (including phenoxy) is 2. The van der Waals surface area contributed by atoms with Gasteiger partial charge in [-0.3, -0.25) is 4.79 Å². The summed E-state index contributed by atoms with van der Waals surface area (Å²) in [6, 6.07) is -0.895. The van der Waals surface area contributed by atoms with E-state index in [1.807, 2.05) is 0 Å². The summed E-state index contributed by atoms with van der Waals surface area (Å²) in [7, 11) is 0. The molecule has 1 saturated heterocycles. The van der Waals surface area contributed by atoms with E-state index in [4.69, 9.17) is 9.47 Å². The third-order valence-electron chi connectivity index (χ3n) is 11.7. The van der Waals surface area contributed by atoms with E-state index in [0.717, 1.165) is 57.8 Å². The van der Waals surface area contributed by atoms with Gasteiger partial charge in [0.25, 0.3) is 0 Å². The second-order valence-corrected chi connectivity index (χ2v) is 17.0. The predicted molar refractivity (Wildman–Crippen MR) is 232 cm³/mol. The van der Waals surface area contributed by atoms with Crippen LogP contribution in [0.3, 0.4) is 0 Å². The molecule has 10 heteroatoms. The molecule has 0 aromatic heterocycles. The Morgan fingerprint density at radius 3 is 1.42 bits per heavy atom. The maximum Gasteiger partial charge on any atom is 0.249 e. The first-order chi connectivity index (χ1) is 27.8. The number of hydrogen-bond donors (Lipinski definition) is 7. The van der Waals surface area contributed by atoms with Crippen molar-refractivity contribution in [2.75, 3.05) is 13.2 Å². The van der Waals surface area contributed by atoms with Crippen molar-refractivity contribution in [1.82, 2.24) is 5.32 Å². The number of aliphatic hydroxyl groups excluding tert-OH is 6. The normalized spacial score (nSPS) is 21.6. The quantitative estimate of drug-likeness (QED) is 0.0236. The number of carbonyl (C=O) groups is 1. The zero-order chi connectivity index (χ0) is 41.8. The van der Waals surface area contributed by atoms with Gasteiger partial charge in [-0.1, -0.05) is 193 Å². The van der Waals surface area contributed by atoms with Crippen LogP contribution >= 0.6 is 0 Å². The van der Waals surface area contributed by atoms with E-state index in [1.54, 1.807) is 0 Å². The van der Waals surface area contributed by atoms with Crippen LogP contribution in [0.5, 0.6) is 0 Å². The highest BCUT2D eigenvalue weighted by molar-refractivity contribution is 5.80. The Hall–Kier alpha value is -1.11. The molecule has 1 aliphatic heterocycles. The largest absolute Gasteiger partial charge is 0.394 e. The van der Waals surface area contributed by atoms with Crippen LogP contribution in [0.1, 0.15) is 219 Å². The molecule has 0 spiro atoms. The molecule has 10 nitrogen and oxygen atoms in total. The average Bonchev–Trinajstić information content (AvgIpc) is 3.21. The van der Waals surface area contributed by atoms with Crippen molar-refractivity contribution >= 4 is 5.91 Å². The van der Waals surface area contributed by atoms with Gasteiger partial charge in [0.1, 0.15) is 30.5 Å². The van der Waals surface area contributed by atoms with E-state index in [1.165, 1.54) is 128 Å². The third-order valence-corrected chi connectivity index (χ3v) is 11.7. The first-order valence-electron chi connectivity index (χ1n) is 24.0. The highest BCUT2D eigenvalue weighted by Gasteiger charge is 2.44. The molecule has 1 rings (SSSR count). The second-order valence-electron chi connectivity index (χ2n) is 17.0. The molecule has 0 aromatic carbocycles. The van der Waals surface area contributed by atoms with Gasteiger partial charge in [-0.15, -0.1) is 0 Å². The van der Waals surface area contributed by atoms with Gasteiger partial charge >= 0.3 is 0 Å². The summed E-state index contributed by atoms with van der Waals surface area (Å²) < 4.78 is 11.2. The van der Waals surface area contributed by atoms with Crippen LogP contribution in [0.25, 0.3) is 0 Å². The minimum Gasteiger partial charge on any atom is -0.394 e. The monoisotopic (exact) mass is 814 g/mol. The summed E-state index contributed by atoms with van der Waals surface area (Å²) in [5.41, 5.74) is 0. The number of unbranched alkanes of at least 4 members (excludes halogenated alkanes) is 27. The maximum absolute atomic E-state index is 13.1. The fourth-order valence-corrected chi connectivity index (χ4v) is 7.75. The van der Waals surface area contributed by atoms with E-state index < -0.39 is 61.5 Å². The van der Waals surface area contributed by atoms with Gasteiger partial charge in [-0.25, -0.2) is 0 Å². The minimum atomic E-state index is -1.60. The smallest absolute Gasteiger partial charge is 0.249 e. The Balaban J connectivity index is 2.38. The summed E-state index contributed by atoms with van der Waals surface area (Å²) in [5.74, 6) is -0.590. The van der Waals surface area contributed by atoms with Crippen molar-refractivity contribution in [3.63, 3.8) is 0 Å². The van der Waals surface area contributed by atoms with Crippen molar-refractivity contribution in [2.24, 2.45) is 0 Å². The molecular formula is C47H91NO9. The molecule has 0 saturated carbocycles. The van der Waals surface area contributed by atoms with Crippen LogP contribution in [0.15, 0.2) is 12.2 Å². The lowest BCUT2D eigenvalue weighted by atomic mass is 9.99. The van der Waals surface area contributed by atoms with Gasteiger partial charge in [-0.2, -0.15) is 0 Å². The Labute approximate surface area is 349 Å². The number of amides is 1. The van der Waals surface area contributed by atoms with E-state index in [9.17, 15) is 35.4 Å². The van der Waals surface area contributed by atoms with Crippen LogP contribution in [0, 0.1) is 0 Å². The molecule has 8 unspecified atom stereocenters. The lowest BCUT2D eigenvalue weighted by Crippen LogP contribution is -2.60. The molecule has 0 aliphatic carbocycles. The molecule has 8 atom stereocenters. The van der Waals surface area contributed by atoms with Gasteiger partial charge in [0.15, 0.2) is 6.29 Å². The van der Waals surface area contributed by atoms with Crippen molar-refractivity contribution in [1.29, 1.82) is 0 Å². The first-order valence-corrected chi connectivity index (χ1v) is 24.0. The van der Waals surface area contributed by atoms with Crippen LogP contribution in [0.4, 0.5) is 0 Å². The van der Waals surface area contributed by atoms with Gasteiger partial charge in [0.05, 0.1) is 25.4 Å². The summed E-state index contributed by atoms with van der Waals surface area (Å²) in [5, 5.41) is 64.9. The van der Waals surface area contributed by atoms with Crippen LogP contribution in [-0.2, 0) is 14.3 Å². The Kier molecular flexibility index (Phi) is 35.8. The topological polar surface area (TPSA) is 169 Å². The molecule has 0 radical (unpaired) electrons. The van der Waals surface area contributed by atoms with E-state index in [2.05, 4.69) is 31.3 Å². The maximum atomic E-state index is 13.1. The molecule has 1 fully saturated rings. The summed E-state index contributed by atoms with van der Waals surface area (Å²) in [6.45, 7) is 3.67. The van der Waals surface area contributed by atoms with Crippen molar-refractivity contribution in [3.05, 3.63) is 12.2 Å². The van der Waals surface area contributed by atoms with E-state index in [0.29, 0.717) is 19.3 Å². The first kappa shape index (κ1) is 53.9. The lowest BCUT2D eigenvalue weighted by Gasteiger charge is -2.40. The number of rotatable bonds is 40. The average molecular weight is 814 g/mol. The molecule has 1 amide bonds. The Bertz CT molecular complexity index is 921. The van der Waals surface area contributed by atoms with Crippen molar-refractivity contribution in [3.8, 4) is 0 Å². The van der Waals surface area contributed by atoms with Gasteiger partial charge in [-0.05, 0) is 38.5 Å². The number of allylic oxidation sites excluding steroid dienone is 2. The highest BCUT2D eigenvalue weighted by atomic mass is 16.7. The zero-order valence-corrected chi connectivity index (χ0v) is 36.7. The Morgan fingerprint density at radius 2 is 0.982 bits per heavy atom. The van der Waals surface area contributed by atoms with E-state index >= 15 is 0 Å². The number of aliphatic hydroxyl groups is 6. The summed E-state index contributed by atoms with van der Waals surface area (Å²) in [4.78, 5) is 13.1. The van der Waals surface area contributed by atoms with Gasteiger partial charge in [0.2, 0.25) is 5.91 Å². The molecule has 1 heterocycles. The SMILES string of the molecule is CCCCCCCCCCC/C=C\CCCCCCC(O)C(=O)NC(COC1OC(CO)C(O)C(O)C1O)C(O)CCCCCCCCCCCCCCCCC. The fraction of sp³-hybridized carbons (Fsp3) is 0.936. The van der Waals surface area contributed by atoms with Crippen LogP contribution in [0.2, 0.25) is 0 Å². The number of carbonyl (C=O) groups excluding carboxylic acids is 1. The molecular weight excluding hydrogens is 723 g/mol. The van der Waals surface area contributed by atoms with E-state index in [-0.39, 0.29) is 6.61 Å². The Morgan fingerprint density at radius 1 is 0.579 bits per heavy atom. The van der Waals surface area contributed by atoms with Crippen LogP contribution < -0.4 is 5.32 Å². The number of nitrogens with one attached hydrogen (secondary N) is 1. The second kappa shape index (κ2) is 37.9. The van der Waals surface area contributed by atoms with Gasteiger partial charge in [0, 0.05) is 0 Å². The summed E-state index contributed by atoms with van der Waals surface area (Å²) in [6.07, 6.45) is 32.5. The molecule has 0 bridgehead atoms. The predicted octanol–water partition coefficient (Wildman–Crippen LogP) is 9.09. The molecule has 57 heavy (non-hydrogen) atoms. The highest BCUT2D eigenvalue weighted by Crippen LogP contribution is 2.23. The molecule has 338 valence electrons. The molecule has 1 aliphatic rings. The zero-order valence-electron chi connectivity index (χ0n) is 36.7. The minimum absolute atomic E-state index is 0.256. The lowest BCUT2D eigenvalue weighted by molar-refractivity contribution is -0.302. The number of hydrogen-bond acceptors (Lipinski definition) is 9. The third kappa shape index (κ3) is 28.1. The molecule has 7 N–H and O–H groups in total. The standard InChI is InChI=1S/C47H91NO9/c1-3-5-7-9-11-13-15-17-19-20-22-24-26-28-30-32-34-36-41(51)46(55)48-39(38-56-47-45(54)44(53)43(52)42(37-49)57-47)40(50)35-33-31-29-27-25-23-21-18-16-14-12-10-8-6-4-2/h22,24,39-45,47,49-54H,3-21,23,25-38H2,1-2H3,(H,48,55)/b24-22-. The van der Waals surface area contributed by atoms with Crippen LogP contribution in [-0.4, -0.2) is 98.7 Å². The summed E-state index contributed by atoms with van der Waals surface area (Å²) >= 11 is 0. The molecule has 0 aromatic rings. The van der Waals surface area contributed by atoms with Crippen molar-refractivity contribution < 1.29 is 44.9 Å². The fourth-order valence-electron chi connectivity index (χ4n) is 7.75. The van der Waals surface area contributed by atoms with Crippen molar-refractivity contribution in [2.45, 2.75) is 268 Å².